The van der Waals surface area contributed by atoms with E-state index in [4.69, 9.17) is 14.2 Å². The minimum Gasteiger partial charge on any atom is -0.494 e. The van der Waals surface area contributed by atoms with E-state index >= 15 is 0 Å². The van der Waals surface area contributed by atoms with Gasteiger partial charge in [-0.2, -0.15) is 0 Å². The van der Waals surface area contributed by atoms with Crippen LogP contribution in [0.3, 0.4) is 0 Å². The van der Waals surface area contributed by atoms with Gasteiger partial charge in [-0.3, -0.25) is 4.79 Å². The molecule has 146 valence electrons. The summed E-state index contributed by atoms with van der Waals surface area (Å²) in [6.45, 7) is 2.51. The summed E-state index contributed by atoms with van der Waals surface area (Å²) in [6, 6.07) is 4.00. The van der Waals surface area contributed by atoms with Crippen LogP contribution >= 0.6 is 11.3 Å². The van der Waals surface area contributed by atoms with Gasteiger partial charge in [0.05, 0.1) is 38.2 Å². The zero-order chi connectivity index (χ0) is 18.6. The van der Waals surface area contributed by atoms with Gasteiger partial charge in [0.15, 0.2) is 5.13 Å². The van der Waals surface area contributed by atoms with Gasteiger partial charge in [0.1, 0.15) is 11.3 Å². The molecule has 1 aliphatic heterocycles. The number of nitrogens with zero attached hydrogens (tertiary/aromatic N) is 1. The molecule has 1 amide bonds. The Labute approximate surface area is 163 Å². The van der Waals surface area contributed by atoms with Gasteiger partial charge in [-0.15, -0.1) is 0 Å². The minimum absolute atomic E-state index is 0.0930. The highest BCUT2D eigenvalue weighted by Crippen LogP contribution is 2.39. The maximum Gasteiger partial charge on any atom is 0.229 e. The number of hydrogen-bond donors (Lipinski definition) is 1. The first kappa shape index (κ1) is 18.7. The molecule has 1 aromatic heterocycles. The second-order valence-corrected chi connectivity index (χ2v) is 8.22. The van der Waals surface area contributed by atoms with Crippen molar-refractivity contribution in [3.8, 4) is 5.75 Å². The second-order valence-electron chi connectivity index (χ2n) is 7.22. The topological polar surface area (TPSA) is 69.7 Å². The number of amides is 1. The Morgan fingerprint density at radius 1 is 1.19 bits per heavy atom. The van der Waals surface area contributed by atoms with E-state index < -0.39 is 0 Å². The van der Waals surface area contributed by atoms with E-state index in [0.717, 1.165) is 47.2 Å². The number of fused-ring (bicyclic) bond motifs is 1. The highest BCUT2D eigenvalue weighted by atomic mass is 32.1. The number of nitrogens with one attached hydrogen (secondary N) is 1. The lowest BCUT2D eigenvalue weighted by atomic mass is 9.89. The Kier molecular flexibility index (Phi) is 5.90. The van der Waals surface area contributed by atoms with Crippen molar-refractivity contribution < 1.29 is 19.0 Å². The fourth-order valence-electron chi connectivity index (χ4n) is 3.91. The van der Waals surface area contributed by atoms with Crippen molar-refractivity contribution in [1.29, 1.82) is 0 Å². The van der Waals surface area contributed by atoms with Crippen molar-refractivity contribution in [2.45, 2.75) is 38.0 Å². The maximum absolute atomic E-state index is 12.6. The molecule has 2 aromatic rings. The second kappa shape index (κ2) is 8.54. The Balaban J connectivity index is 1.62. The first-order chi connectivity index (χ1) is 13.3. The van der Waals surface area contributed by atoms with Gasteiger partial charge in [0, 0.05) is 11.8 Å². The molecule has 0 bridgehead atoms. The first-order valence-electron chi connectivity index (χ1n) is 9.70. The van der Waals surface area contributed by atoms with Crippen molar-refractivity contribution >= 4 is 32.6 Å². The molecule has 1 aliphatic carbocycles. The minimum atomic E-state index is 0.0930. The van der Waals surface area contributed by atoms with Crippen molar-refractivity contribution in [3.05, 3.63) is 17.7 Å². The van der Waals surface area contributed by atoms with E-state index in [1.165, 1.54) is 17.8 Å². The number of hydrogen-bond acceptors (Lipinski definition) is 6. The molecule has 0 atom stereocenters. The summed E-state index contributed by atoms with van der Waals surface area (Å²) >= 11 is 1.51. The molecule has 1 saturated carbocycles. The molecule has 7 heteroatoms. The van der Waals surface area contributed by atoms with Crippen molar-refractivity contribution in [1.82, 2.24) is 4.98 Å². The Hall–Kier alpha value is -1.70. The Morgan fingerprint density at radius 3 is 2.63 bits per heavy atom. The molecule has 0 spiro atoms. The van der Waals surface area contributed by atoms with Gasteiger partial charge >= 0.3 is 0 Å². The van der Waals surface area contributed by atoms with Crippen LogP contribution in [0.2, 0.25) is 0 Å². The van der Waals surface area contributed by atoms with Gasteiger partial charge in [-0.25, -0.2) is 4.98 Å². The number of rotatable bonds is 4. The molecule has 1 saturated heterocycles. The predicted octanol–water partition coefficient (Wildman–Crippen LogP) is 3.95. The molecule has 1 N–H and O–H groups in total. The molecule has 4 rings (SSSR count). The molecule has 0 radical (unpaired) electrons. The Bertz CT molecular complexity index is 793. The van der Waals surface area contributed by atoms with Gasteiger partial charge < -0.3 is 19.5 Å². The average molecular weight is 391 g/mol. The van der Waals surface area contributed by atoms with Crippen LogP contribution in [0.4, 0.5) is 5.13 Å². The third kappa shape index (κ3) is 4.10. The van der Waals surface area contributed by atoms with Crippen molar-refractivity contribution in [3.63, 3.8) is 0 Å². The molecular weight excluding hydrogens is 364 g/mol. The van der Waals surface area contributed by atoms with Crippen LogP contribution in [-0.4, -0.2) is 44.4 Å². The van der Waals surface area contributed by atoms with Crippen LogP contribution in [0.25, 0.3) is 10.2 Å². The summed E-state index contributed by atoms with van der Waals surface area (Å²) in [7, 11) is 1.64. The highest BCUT2D eigenvalue weighted by molar-refractivity contribution is 7.22. The van der Waals surface area contributed by atoms with E-state index in [1.807, 2.05) is 6.07 Å². The first-order valence-corrected chi connectivity index (χ1v) is 10.5. The standard InChI is InChI=1S/C20H26N2O4S/c1-24-16-8-7-15(14-11-25-9-10-26-12-14)18-17(16)21-20(27-18)22-19(23)13-5-3-2-4-6-13/h7-8,13-14H,2-6,9-12H2,1H3,(H,21,22,23). The number of ether oxygens (including phenoxy) is 3. The fraction of sp³-hybridized carbons (Fsp3) is 0.600. The number of methoxy groups -OCH3 is 1. The van der Waals surface area contributed by atoms with Gasteiger partial charge in [0.2, 0.25) is 5.91 Å². The number of thiazole rings is 1. The zero-order valence-electron chi connectivity index (χ0n) is 15.7. The molecule has 1 aromatic carbocycles. The largest absolute Gasteiger partial charge is 0.494 e. The summed E-state index contributed by atoms with van der Waals surface area (Å²) in [5.74, 6) is 1.08. The van der Waals surface area contributed by atoms with Crippen LogP contribution in [0.5, 0.6) is 5.75 Å². The predicted molar refractivity (Wildman–Crippen MR) is 106 cm³/mol. The van der Waals surface area contributed by atoms with E-state index in [1.54, 1.807) is 7.11 Å². The monoisotopic (exact) mass is 390 g/mol. The fourth-order valence-corrected chi connectivity index (χ4v) is 4.99. The SMILES string of the molecule is COc1ccc(C2COCCOC2)c2sc(NC(=O)C3CCCCC3)nc12. The molecule has 2 aliphatic rings. The van der Waals surface area contributed by atoms with Crippen LogP contribution in [0.1, 0.15) is 43.6 Å². The van der Waals surface area contributed by atoms with E-state index in [2.05, 4.69) is 16.4 Å². The molecule has 2 heterocycles. The quantitative estimate of drug-likeness (QED) is 0.856. The molecule has 2 fully saturated rings. The zero-order valence-corrected chi connectivity index (χ0v) is 16.5. The number of carbonyl (C=O) groups is 1. The van der Waals surface area contributed by atoms with E-state index in [-0.39, 0.29) is 17.7 Å². The van der Waals surface area contributed by atoms with Crippen LogP contribution in [0.15, 0.2) is 12.1 Å². The maximum atomic E-state index is 12.6. The lowest BCUT2D eigenvalue weighted by Gasteiger charge is -2.19. The van der Waals surface area contributed by atoms with Gasteiger partial charge in [-0.1, -0.05) is 36.7 Å². The summed E-state index contributed by atoms with van der Waals surface area (Å²) in [5, 5.41) is 3.69. The van der Waals surface area contributed by atoms with Crippen LogP contribution < -0.4 is 10.1 Å². The lowest BCUT2D eigenvalue weighted by Crippen LogP contribution is -2.24. The number of anilines is 1. The summed E-state index contributed by atoms with van der Waals surface area (Å²) in [4.78, 5) is 17.3. The normalized spacial score (nSPS) is 19.7. The molecule has 6 nitrogen and oxygen atoms in total. The number of benzene rings is 1. The van der Waals surface area contributed by atoms with Crippen LogP contribution in [-0.2, 0) is 14.3 Å². The Morgan fingerprint density at radius 2 is 1.93 bits per heavy atom. The summed E-state index contributed by atoms with van der Waals surface area (Å²) in [6.07, 6.45) is 5.45. The number of carbonyl (C=O) groups excluding carboxylic acids is 1. The van der Waals surface area contributed by atoms with Gasteiger partial charge in [0.25, 0.3) is 0 Å². The molecule has 0 unspecified atom stereocenters. The third-order valence-corrected chi connectivity index (χ3v) is 6.43. The smallest absolute Gasteiger partial charge is 0.229 e. The van der Waals surface area contributed by atoms with Crippen molar-refractivity contribution in [2.75, 3.05) is 38.9 Å². The summed E-state index contributed by atoms with van der Waals surface area (Å²) < 4.78 is 17.9. The lowest BCUT2D eigenvalue weighted by molar-refractivity contribution is -0.120. The highest BCUT2D eigenvalue weighted by Gasteiger charge is 2.25. The van der Waals surface area contributed by atoms with E-state index in [9.17, 15) is 4.79 Å². The summed E-state index contributed by atoms with van der Waals surface area (Å²) in [5.41, 5.74) is 1.94. The van der Waals surface area contributed by atoms with E-state index in [0.29, 0.717) is 31.6 Å². The molecule has 27 heavy (non-hydrogen) atoms. The average Bonchev–Trinajstić information content (AvgIpc) is 2.94. The molecular formula is C20H26N2O4S. The van der Waals surface area contributed by atoms with Crippen LogP contribution in [0, 0.1) is 5.92 Å². The number of aromatic nitrogens is 1. The third-order valence-electron chi connectivity index (χ3n) is 5.41. The van der Waals surface area contributed by atoms with Crippen molar-refractivity contribution in [2.24, 2.45) is 5.92 Å². The van der Waals surface area contributed by atoms with Gasteiger partial charge in [-0.05, 0) is 24.5 Å².